The summed E-state index contributed by atoms with van der Waals surface area (Å²) in [5.74, 6) is -0.353. The van der Waals surface area contributed by atoms with Gasteiger partial charge < -0.3 is 10.0 Å². The molecule has 5 heteroatoms. The fourth-order valence-corrected chi connectivity index (χ4v) is 1.85. The van der Waals surface area contributed by atoms with Crippen LogP contribution in [-0.2, 0) is 4.79 Å². The standard InChI is InChI=1S/C14H13N3O2/c1-17(7-6-13(18)19)14-11(9-15)8-10-4-2-3-5-12(10)16-14/h2-5,8H,6-7H2,1H3,(H,18,19). The molecule has 1 aromatic heterocycles. The number of fused-ring (bicyclic) bond motifs is 1. The Labute approximate surface area is 110 Å². The summed E-state index contributed by atoms with van der Waals surface area (Å²) in [6.45, 7) is 0.315. The first kappa shape index (κ1) is 12.8. The van der Waals surface area contributed by atoms with Crippen LogP contribution in [0.3, 0.4) is 0 Å². The van der Waals surface area contributed by atoms with Crippen LogP contribution < -0.4 is 4.90 Å². The van der Waals surface area contributed by atoms with Crippen LogP contribution in [0.4, 0.5) is 5.82 Å². The second kappa shape index (κ2) is 5.36. The van der Waals surface area contributed by atoms with Gasteiger partial charge in [-0.25, -0.2) is 4.98 Å². The maximum Gasteiger partial charge on any atom is 0.305 e. The van der Waals surface area contributed by atoms with E-state index in [0.717, 1.165) is 10.9 Å². The minimum atomic E-state index is -0.869. The Morgan fingerprint density at radius 2 is 2.21 bits per heavy atom. The van der Waals surface area contributed by atoms with Gasteiger partial charge in [-0.1, -0.05) is 18.2 Å². The van der Waals surface area contributed by atoms with Crippen molar-refractivity contribution in [2.45, 2.75) is 6.42 Å². The molecule has 2 rings (SSSR count). The van der Waals surface area contributed by atoms with Gasteiger partial charge in [-0.05, 0) is 12.1 Å². The fraction of sp³-hybridized carbons (Fsp3) is 0.214. The van der Waals surface area contributed by atoms with Gasteiger partial charge in [-0.3, -0.25) is 4.79 Å². The van der Waals surface area contributed by atoms with Gasteiger partial charge >= 0.3 is 5.97 Å². The smallest absolute Gasteiger partial charge is 0.305 e. The van der Waals surface area contributed by atoms with E-state index in [1.807, 2.05) is 24.3 Å². The maximum atomic E-state index is 10.6. The number of hydrogen-bond donors (Lipinski definition) is 1. The van der Waals surface area contributed by atoms with Gasteiger partial charge in [0.1, 0.15) is 11.9 Å². The Hall–Kier alpha value is -2.61. The highest BCUT2D eigenvalue weighted by Crippen LogP contribution is 2.22. The molecule has 0 spiro atoms. The molecule has 0 fully saturated rings. The van der Waals surface area contributed by atoms with Crippen LogP contribution in [0.25, 0.3) is 10.9 Å². The van der Waals surface area contributed by atoms with Crippen LogP contribution in [0.15, 0.2) is 30.3 Å². The summed E-state index contributed by atoms with van der Waals surface area (Å²) in [6, 6.07) is 11.4. The molecular formula is C14H13N3O2. The van der Waals surface area contributed by atoms with Crippen molar-refractivity contribution in [3.8, 4) is 6.07 Å². The van der Waals surface area contributed by atoms with E-state index in [9.17, 15) is 10.1 Å². The van der Waals surface area contributed by atoms with Crippen LogP contribution >= 0.6 is 0 Å². The van der Waals surface area contributed by atoms with Gasteiger partial charge in [0.05, 0.1) is 17.5 Å². The lowest BCUT2D eigenvalue weighted by Gasteiger charge is -2.18. The number of carboxylic acid groups (broad SMARTS) is 1. The van der Waals surface area contributed by atoms with E-state index in [1.165, 1.54) is 0 Å². The van der Waals surface area contributed by atoms with Crippen molar-refractivity contribution in [3.63, 3.8) is 0 Å². The van der Waals surface area contributed by atoms with E-state index in [1.54, 1.807) is 18.0 Å². The van der Waals surface area contributed by atoms with E-state index in [0.29, 0.717) is 17.9 Å². The molecule has 0 saturated heterocycles. The van der Waals surface area contributed by atoms with E-state index in [2.05, 4.69) is 11.1 Å². The molecule has 0 bridgehead atoms. The minimum Gasteiger partial charge on any atom is -0.481 e. The van der Waals surface area contributed by atoms with E-state index < -0.39 is 5.97 Å². The van der Waals surface area contributed by atoms with Crippen molar-refractivity contribution < 1.29 is 9.90 Å². The zero-order valence-corrected chi connectivity index (χ0v) is 10.5. The summed E-state index contributed by atoms with van der Waals surface area (Å²) in [5.41, 5.74) is 1.24. The number of carbonyl (C=O) groups is 1. The maximum absolute atomic E-state index is 10.6. The van der Waals surface area contributed by atoms with Crippen molar-refractivity contribution in [1.82, 2.24) is 4.98 Å². The van der Waals surface area contributed by atoms with Gasteiger partial charge in [0, 0.05) is 19.0 Å². The predicted molar refractivity (Wildman–Crippen MR) is 72.0 cm³/mol. The highest BCUT2D eigenvalue weighted by Gasteiger charge is 2.12. The molecule has 96 valence electrons. The van der Waals surface area contributed by atoms with Gasteiger partial charge in [0.25, 0.3) is 0 Å². The van der Waals surface area contributed by atoms with E-state index in [-0.39, 0.29) is 6.42 Å². The molecular weight excluding hydrogens is 242 g/mol. The normalized spacial score (nSPS) is 10.1. The molecule has 0 amide bonds. The lowest BCUT2D eigenvalue weighted by atomic mass is 10.1. The number of aliphatic carboxylic acids is 1. The summed E-state index contributed by atoms with van der Waals surface area (Å²) < 4.78 is 0. The number of hydrogen-bond acceptors (Lipinski definition) is 4. The van der Waals surface area contributed by atoms with E-state index >= 15 is 0 Å². The van der Waals surface area contributed by atoms with Gasteiger partial charge in [-0.15, -0.1) is 0 Å². The number of pyridine rings is 1. The fourth-order valence-electron chi connectivity index (χ4n) is 1.85. The SMILES string of the molecule is CN(CCC(=O)O)c1nc2ccccc2cc1C#N. The molecule has 0 aliphatic carbocycles. The number of nitrogens with zero attached hydrogens (tertiary/aromatic N) is 3. The molecule has 0 saturated carbocycles. The van der Waals surface area contributed by atoms with Crippen LogP contribution in [0, 0.1) is 11.3 Å². The monoisotopic (exact) mass is 255 g/mol. The number of carboxylic acids is 1. The molecule has 2 aromatic rings. The lowest BCUT2D eigenvalue weighted by Crippen LogP contribution is -2.23. The summed E-state index contributed by atoms with van der Waals surface area (Å²) in [5, 5.41) is 18.8. The van der Waals surface area contributed by atoms with Crippen LogP contribution in [-0.4, -0.2) is 29.7 Å². The second-order valence-corrected chi connectivity index (χ2v) is 4.23. The van der Waals surface area contributed by atoms with Crippen molar-refractivity contribution >= 4 is 22.7 Å². The molecule has 0 radical (unpaired) electrons. The van der Waals surface area contributed by atoms with Crippen molar-refractivity contribution in [2.24, 2.45) is 0 Å². The Kier molecular flexibility index (Phi) is 3.62. The zero-order valence-electron chi connectivity index (χ0n) is 10.5. The number of nitriles is 1. The Morgan fingerprint density at radius 3 is 2.89 bits per heavy atom. The van der Waals surface area contributed by atoms with Crippen molar-refractivity contribution in [3.05, 3.63) is 35.9 Å². The number of anilines is 1. The van der Waals surface area contributed by atoms with Crippen LogP contribution in [0.1, 0.15) is 12.0 Å². The topological polar surface area (TPSA) is 77.2 Å². The predicted octanol–water partition coefficient (Wildman–Crippen LogP) is 2.02. The molecule has 0 aliphatic rings. The number of benzene rings is 1. The van der Waals surface area contributed by atoms with Crippen LogP contribution in [0.5, 0.6) is 0 Å². The summed E-state index contributed by atoms with van der Waals surface area (Å²) in [4.78, 5) is 16.7. The summed E-state index contributed by atoms with van der Waals surface area (Å²) in [6.07, 6.45) is 0.00980. The second-order valence-electron chi connectivity index (χ2n) is 4.23. The molecule has 0 aliphatic heterocycles. The van der Waals surface area contributed by atoms with E-state index in [4.69, 9.17) is 5.11 Å². The minimum absolute atomic E-state index is 0.00980. The third-order valence-corrected chi connectivity index (χ3v) is 2.85. The zero-order chi connectivity index (χ0) is 13.8. The highest BCUT2D eigenvalue weighted by molar-refractivity contribution is 5.83. The number of rotatable bonds is 4. The Morgan fingerprint density at radius 1 is 1.47 bits per heavy atom. The molecule has 1 heterocycles. The van der Waals surface area contributed by atoms with Crippen molar-refractivity contribution in [1.29, 1.82) is 5.26 Å². The molecule has 5 nitrogen and oxygen atoms in total. The first-order valence-electron chi connectivity index (χ1n) is 5.84. The van der Waals surface area contributed by atoms with Gasteiger partial charge in [0.2, 0.25) is 0 Å². The van der Waals surface area contributed by atoms with Crippen molar-refractivity contribution in [2.75, 3.05) is 18.5 Å². The number of aromatic nitrogens is 1. The first-order valence-corrected chi connectivity index (χ1v) is 5.84. The van der Waals surface area contributed by atoms with Crippen LogP contribution in [0.2, 0.25) is 0 Å². The van der Waals surface area contributed by atoms with Gasteiger partial charge in [-0.2, -0.15) is 5.26 Å². The molecule has 1 aromatic carbocycles. The lowest BCUT2D eigenvalue weighted by molar-refractivity contribution is -0.136. The molecule has 19 heavy (non-hydrogen) atoms. The quantitative estimate of drug-likeness (QED) is 0.904. The number of para-hydroxylation sites is 1. The highest BCUT2D eigenvalue weighted by atomic mass is 16.4. The van der Waals surface area contributed by atoms with Gasteiger partial charge in [0.15, 0.2) is 0 Å². The molecule has 1 N–H and O–H groups in total. The molecule has 0 atom stereocenters. The Balaban J connectivity index is 2.41. The Bertz CT molecular complexity index is 661. The molecule has 0 unspecified atom stereocenters. The largest absolute Gasteiger partial charge is 0.481 e. The summed E-state index contributed by atoms with van der Waals surface area (Å²) in [7, 11) is 1.74. The average Bonchev–Trinajstić information content (AvgIpc) is 2.43. The third kappa shape index (κ3) is 2.80. The third-order valence-electron chi connectivity index (χ3n) is 2.85. The first-order chi connectivity index (χ1) is 9.11. The summed E-state index contributed by atoms with van der Waals surface area (Å²) >= 11 is 0. The average molecular weight is 255 g/mol.